The number of nitriles is 1. The Bertz CT molecular complexity index is 726. The molecular formula is C16H17N3O2. The quantitative estimate of drug-likeness (QED) is 0.792. The molecule has 0 saturated heterocycles. The highest BCUT2D eigenvalue weighted by atomic mass is 16.6. The van der Waals surface area contributed by atoms with Crippen molar-refractivity contribution < 1.29 is 9.53 Å². The summed E-state index contributed by atoms with van der Waals surface area (Å²) in [6, 6.07) is 9.32. The maximum atomic E-state index is 12.2. The largest absolute Gasteiger partial charge is 0.459 e. The Morgan fingerprint density at radius 3 is 2.33 bits per heavy atom. The van der Waals surface area contributed by atoms with E-state index in [1.807, 2.05) is 24.3 Å². The summed E-state index contributed by atoms with van der Waals surface area (Å²) in [6.45, 7) is 7.03. The zero-order chi connectivity index (χ0) is 15.6. The van der Waals surface area contributed by atoms with Gasteiger partial charge in [0.05, 0.1) is 28.5 Å². The van der Waals surface area contributed by atoms with Crippen LogP contribution in [0.1, 0.15) is 38.1 Å². The van der Waals surface area contributed by atoms with Crippen molar-refractivity contribution in [1.82, 2.24) is 9.97 Å². The molecule has 0 amide bonds. The lowest BCUT2D eigenvalue weighted by atomic mass is 10.0. The molecule has 5 nitrogen and oxygen atoms in total. The second-order valence-electron chi connectivity index (χ2n) is 5.78. The molecule has 0 aliphatic heterocycles. The van der Waals surface area contributed by atoms with Gasteiger partial charge in [0.15, 0.2) is 5.92 Å². The molecule has 2 rings (SSSR count). The lowest BCUT2D eigenvalue weighted by Gasteiger charge is -2.21. The van der Waals surface area contributed by atoms with Crippen LogP contribution in [0.5, 0.6) is 0 Å². The zero-order valence-electron chi connectivity index (χ0n) is 12.5. The maximum absolute atomic E-state index is 12.2. The molecule has 0 fully saturated rings. The number of hydrogen-bond donors (Lipinski definition) is 0. The van der Waals surface area contributed by atoms with Crippen molar-refractivity contribution in [2.75, 3.05) is 0 Å². The number of aryl methyl sites for hydroxylation is 1. The number of nitrogens with zero attached hydrogens (tertiary/aromatic N) is 3. The average Bonchev–Trinajstić information content (AvgIpc) is 2.38. The van der Waals surface area contributed by atoms with E-state index in [9.17, 15) is 10.1 Å². The average molecular weight is 283 g/mol. The fraction of sp³-hybridized carbons (Fsp3) is 0.375. The molecule has 0 unspecified atom stereocenters. The van der Waals surface area contributed by atoms with Crippen LogP contribution in [0.25, 0.3) is 11.0 Å². The van der Waals surface area contributed by atoms with Crippen molar-refractivity contribution in [3.8, 4) is 6.07 Å². The molecule has 1 aromatic carbocycles. The van der Waals surface area contributed by atoms with Gasteiger partial charge in [-0.1, -0.05) is 12.1 Å². The second-order valence-corrected chi connectivity index (χ2v) is 5.78. The van der Waals surface area contributed by atoms with E-state index in [1.54, 1.807) is 33.8 Å². The molecule has 0 N–H and O–H groups in total. The Hall–Kier alpha value is -2.48. The summed E-state index contributed by atoms with van der Waals surface area (Å²) in [4.78, 5) is 21.0. The number of hydrogen-bond acceptors (Lipinski definition) is 5. The third-order valence-electron chi connectivity index (χ3n) is 2.83. The van der Waals surface area contributed by atoms with E-state index < -0.39 is 17.5 Å². The van der Waals surface area contributed by atoms with Crippen LogP contribution in [0.4, 0.5) is 0 Å². The number of aromatic nitrogens is 2. The van der Waals surface area contributed by atoms with Gasteiger partial charge in [0.2, 0.25) is 0 Å². The van der Waals surface area contributed by atoms with Gasteiger partial charge in [-0.15, -0.1) is 0 Å². The summed E-state index contributed by atoms with van der Waals surface area (Å²) in [7, 11) is 0. The van der Waals surface area contributed by atoms with Crippen molar-refractivity contribution in [1.29, 1.82) is 5.26 Å². The van der Waals surface area contributed by atoms with Crippen molar-refractivity contribution >= 4 is 17.0 Å². The highest BCUT2D eigenvalue weighted by Crippen LogP contribution is 2.23. The predicted molar refractivity (Wildman–Crippen MR) is 78.5 cm³/mol. The molecule has 1 atom stereocenters. The molecule has 0 saturated carbocycles. The van der Waals surface area contributed by atoms with Gasteiger partial charge in [-0.2, -0.15) is 5.26 Å². The summed E-state index contributed by atoms with van der Waals surface area (Å²) in [5, 5.41) is 9.32. The molecule has 0 aliphatic rings. The number of para-hydroxylation sites is 2. The number of ether oxygens (including phenoxy) is 1. The van der Waals surface area contributed by atoms with Gasteiger partial charge in [0.25, 0.3) is 0 Å². The van der Waals surface area contributed by atoms with Crippen molar-refractivity contribution in [3.63, 3.8) is 0 Å². The van der Waals surface area contributed by atoms with Gasteiger partial charge in [0.1, 0.15) is 5.60 Å². The summed E-state index contributed by atoms with van der Waals surface area (Å²) in [5.41, 5.74) is 1.66. The molecule has 108 valence electrons. The van der Waals surface area contributed by atoms with Gasteiger partial charge in [0, 0.05) is 0 Å². The fourth-order valence-electron chi connectivity index (χ4n) is 1.96. The molecule has 0 aliphatic carbocycles. The van der Waals surface area contributed by atoms with Crippen LogP contribution in [0.3, 0.4) is 0 Å². The Kier molecular flexibility index (Phi) is 3.90. The fourth-order valence-corrected chi connectivity index (χ4v) is 1.96. The molecule has 0 bridgehead atoms. The minimum atomic E-state index is -1.07. The Morgan fingerprint density at radius 2 is 1.81 bits per heavy atom. The molecule has 2 aromatic rings. The van der Waals surface area contributed by atoms with Gasteiger partial charge in [-0.3, -0.25) is 4.79 Å². The first-order chi connectivity index (χ1) is 9.81. The van der Waals surface area contributed by atoms with E-state index in [2.05, 4.69) is 9.97 Å². The molecule has 1 aromatic heterocycles. The summed E-state index contributed by atoms with van der Waals surface area (Å²) >= 11 is 0. The topological polar surface area (TPSA) is 75.9 Å². The standard InChI is InChI=1S/C16H17N3O2/c1-10-14(11(9-17)15(20)21-16(2,3)4)19-13-8-6-5-7-12(13)18-10/h5-8,11H,1-4H3/t11-/m1/s1. The normalized spacial score (nSPS) is 12.7. The number of esters is 1. The third-order valence-corrected chi connectivity index (χ3v) is 2.83. The van der Waals surface area contributed by atoms with Crippen LogP contribution >= 0.6 is 0 Å². The molecule has 0 radical (unpaired) electrons. The second kappa shape index (κ2) is 5.49. The van der Waals surface area contributed by atoms with E-state index in [1.165, 1.54) is 0 Å². The molecule has 0 spiro atoms. The lowest BCUT2D eigenvalue weighted by molar-refractivity contribution is -0.155. The summed E-state index contributed by atoms with van der Waals surface area (Å²) < 4.78 is 5.28. The lowest BCUT2D eigenvalue weighted by Crippen LogP contribution is -2.28. The minimum Gasteiger partial charge on any atom is -0.459 e. The number of carbonyl (C=O) groups excluding carboxylic acids is 1. The summed E-state index contributed by atoms with van der Waals surface area (Å²) in [6.07, 6.45) is 0. The molecule has 5 heteroatoms. The smallest absolute Gasteiger partial charge is 0.330 e. The van der Waals surface area contributed by atoms with Crippen molar-refractivity contribution in [2.24, 2.45) is 0 Å². The van der Waals surface area contributed by atoms with Crippen LogP contribution in [0.2, 0.25) is 0 Å². The van der Waals surface area contributed by atoms with Gasteiger partial charge >= 0.3 is 5.97 Å². The zero-order valence-corrected chi connectivity index (χ0v) is 12.5. The van der Waals surface area contributed by atoms with Crippen LogP contribution in [0, 0.1) is 18.3 Å². The van der Waals surface area contributed by atoms with Crippen molar-refractivity contribution in [3.05, 3.63) is 35.7 Å². The maximum Gasteiger partial charge on any atom is 0.330 e. The van der Waals surface area contributed by atoms with Gasteiger partial charge < -0.3 is 4.74 Å². The van der Waals surface area contributed by atoms with Crippen LogP contribution < -0.4 is 0 Å². The Morgan fingerprint density at radius 1 is 1.24 bits per heavy atom. The van der Waals surface area contributed by atoms with E-state index in [0.29, 0.717) is 16.9 Å². The Labute approximate surface area is 123 Å². The van der Waals surface area contributed by atoms with E-state index in [-0.39, 0.29) is 0 Å². The minimum absolute atomic E-state index is 0.352. The first-order valence-electron chi connectivity index (χ1n) is 6.67. The summed E-state index contributed by atoms with van der Waals surface area (Å²) in [5.74, 6) is -1.67. The Balaban J connectivity index is 2.45. The van der Waals surface area contributed by atoms with E-state index in [0.717, 1.165) is 5.52 Å². The van der Waals surface area contributed by atoms with E-state index >= 15 is 0 Å². The highest BCUT2D eigenvalue weighted by molar-refractivity contribution is 5.83. The molecular weight excluding hydrogens is 266 g/mol. The number of carbonyl (C=O) groups is 1. The van der Waals surface area contributed by atoms with Gasteiger partial charge in [-0.05, 0) is 39.8 Å². The van der Waals surface area contributed by atoms with Crippen LogP contribution in [-0.4, -0.2) is 21.5 Å². The van der Waals surface area contributed by atoms with Crippen LogP contribution in [-0.2, 0) is 9.53 Å². The number of fused-ring (bicyclic) bond motifs is 1. The third kappa shape index (κ3) is 3.34. The monoisotopic (exact) mass is 283 g/mol. The predicted octanol–water partition coefficient (Wildman–Crippen LogP) is 2.89. The van der Waals surface area contributed by atoms with E-state index in [4.69, 9.17) is 4.74 Å². The van der Waals surface area contributed by atoms with Gasteiger partial charge in [-0.25, -0.2) is 9.97 Å². The van der Waals surface area contributed by atoms with Crippen LogP contribution in [0.15, 0.2) is 24.3 Å². The first-order valence-corrected chi connectivity index (χ1v) is 6.67. The first kappa shape index (κ1) is 14.9. The highest BCUT2D eigenvalue weighted by Gasteiger charge is 2.29. The number of benzene rings is 1. The molecule has 1 heterocycles. The van der Waals surface area contributed by atoms with Crippen molar-refractivity contribution in [2.45, 2.75) is 39.2 Å². The molecule has 21 heavy (non-hydrogen) atoms. The SMILES string of the molecule is Cc1nc2ccccc2nc1[C@@H](C#N)C(=O)OC(C)(C)C. The number of rotatable bonds is 2.